The van der Waals surface area contributed by atoms with Gasteiger partial charge in [-0.3, -0.25) is 4.79 Å². The molecule has 3 rings (SSSR count). The summed E-state index contributed by atoms with van der Waals surface area (Å²) in [6.07, 6.45) is 2.06. The fourth-order valence-corrected chi connectivity index (χ4v) is 3.30. The molecule has 0 N–H and O–H groups in total. The van der Waals surface area contributed by atoms with Gasteiger partial charge in [0.05, 0.1) is 17.8 Å². The van der Waals surface area contributed by atoms with Gasteiger partial charge in [-0.25, -0.2) is 9.18 Å². The summed E-state index contributed by atoms with van der Waals surface area (Å²) in [4.78, 5) is 26.5. The number of aryl methyl sites for hydroxylation is 1. The molecule has 1 aromatic carbocycles. The van der Waals surface area contributed by atoms with E-state index in [0.717, 1.165) is 25.9 Å². The Kier molecular flexibility index (Phi) is 4.55. The Morgan fingerprint density at radius 1 is 1.21 bits per heavy atom. The molecule has 5 nitrogen and oxygen atoms in total. The van der Waals surface area contributed by atoms with Crippen molar-refractivity contribution in [3.05, 3.63) is 39.9 Å². The largest absolute Gasteiger partial charge is 0.461 e. The predicted octanol–water partition coefficient (Wildman–Crippen LogP) is 2.94. The average molecular weight is 332 g/mol. The number of rotatable bonds is 4. The fourth-order valence-electron chi connectivity index (χ4n) is 3.30. The quantitative estimate of drug-likeness (QED) is 0.808. The van der Waals surface area contributed by atoms with Crippen LogP contribution in [0.25, 0.3) is 10.9 Å². The molecule has 0 saturated carbocycles. The van der Waals surface area contributed by atoms with E-state index in [0.29, 0.717) is 17.7 Å². The molecular weight excluding hydrogens is 311 g/mol. The van der Waals surface area contributed by atoms with Crippen molar-refractivity contribution in [2.24, 2.45) is 0 Å². The van der Waals surface area contributed by atoms with Crippen LogP contribution < -0.4 is 10.3 Å². The first-order valence-electron chi connectivity index (χ1n) is 8.36. The lowest BCUT2D eigenvalue weighted by Gasteiger charge is -2.21. The van der Waals surface area contributed by atoms with Crippen LogP contribution in [0.1, 0.15) is 37.2 Å². The van der Waals surface area contributed by atoms with Crippen molar-refractivity contribution in [2.45, 2.75) is 33.2 Å². The number of anilines is 1. The smallest absolute Gasteiger partial charge is 0.355 e. The molecule has 2 heterocycles. The molecule has 0 bridgehead atoms. The minimum Gasteiger partial charge on any atom is -0.461 e. The zero-order chi connectivity index (χ0) is 17.3. The van der Waals surface area contributed by atoms with Crippen molar-refractivity contribution in [2.75, 3.05) is 24.6 Å². The lowest BCUT2D eigenvalue weighted by molar-refractivity contribution is 0.0513. The Bertz CT molecular complexity index is 838. The van der Waals surface area contributed by atoms with Gasteiger partial charge in [0.2, 0.25) is 0 Å². The number of pyridine rings is 1. The molecule has 24 heavy (non-hydrogen) atoms. The summed E-state index contributed by atoms with van der Waals surface area (Å²) in [7, 11) is 0. The third kappa shape index (κ3) is 2.77. The molecule has 1 aliphatic rings. The number of nitrogens with zero attached hydrogens (tertiary/aromatic N) is 2. The molecule has 1 fully saturated rings. The molecule has 0 radical (unpaired) electrons. The Labute approximate surface area is 139 Å². The summed E-state index contributed by atoms with van der Waals surface area (Å²) in [5.74, 6) is -0.932. The minimum atomic E-state index is -0.537. The van der Waals surface area contributed by atoms with Crippen LogP contribution in [-0.4, -0.2) is 30.2 Å². The number of esters is 1. The van der Waals surface area contributed by atoms with Crippen molar-refractivity contribution in [3.8, 4) is 0 Å². The van der Waals surface area contributed by atoms with Crippen molar-refractivity contribution in [1.82, 2.24) is 4.57 Å². The lowest BCUT2D eigenvalue weighted by Crippen LogP contribution is -2.22. The van der Waals surface area contributed by atoms with Crippen LogP contribution in [0.4, 0.5) is 10.1 Å². The number of carbonyl (C=O) groups is 1. The summed E-state index contributed by atoms with van der Waals surface area (Å²) in [5.41, 5.74) is 0.888. The van der Waals surface area contributed by atoms with E-state index in [2.05, 4.69) is 0 Å². The highest BCUT2D eigenvalue weighted by molar-refractivity contribution is 5.92. The first kappa shape index (κ1) is 16.5. The molecule has 0 atom stereocenters. The Balaban J connectivity index is 2.25. The number of ether oxygens (including phenoxy) is 1. The number of carbonyl (C=O) groups excluding carboxylic acids is 1. The highest BCUT2D eigenvalue weighted by Crippen LogP contribution is 2.28. The minimum absolute atomic E-state index is 0.204. The van der Waals surface area contributed by atoms with Crippen LogP contribution in [0.2, 0.25) is 0 Å². The number of hydrogen-bond acceptors (Lipinski definition) is 4. The van der Waals surface area contributed by atoms with Gasteiger partial charge in [-0.1, -0.05) is 0 Å². The van der Waals surface area contributed by atoms with E-state index in [-0.39, 0.29) is 23.1 Å². The summed E-state index contributed by atoms with van der Waals surface area (Å²) < 4.78 is 21.2. The summed E-state index contributed by atoms with van der Waals surface area (Å²) >= 11 is 0. The maximum absolute atomic E-state index is 14.5. The second-order valence-electron chi connectivity index (χ2n) is 5.87. The highest BCUT2D eigenvalue weighted by atomic mass is 19.1. The molecule has 0 aliphatic carbocycles. The number of fused-ring (bicyclic) bond motifs is 1. The number of aromatic nitrogens is 1. The normalized spacial score (nSPS) is 14.4. The number of benzene rings is 1. The maximum Gasteiger partial charge on any atom is 0.355 e. The molecule has 128 valence electrons. The van der Waals surface area contributed by atoms with Crippen molar-refractivity contribution in [3.63, 3.8) is 0 Å². The molecular formula is C18H21FN2O3. The van der Waals surface area contributed by atoms with Crippen LogP contribution >= 0.6 is 0 Å². The Morgan fingerprint density at radius 3 is 2.54 bits per heavy atom. The topological polar surface area (TPSA) is 51.5 Å². The summed E-state index contributed by atoms with van der Waals surface area (Å²) in [6.45, 7) is 5.92. The Hall–Kier alpha value is -2.37. The molecule has 1 aliphatic heterocycles. The Morgan fingerprint density at radius 2 is 1.92 bits per heavy atom. The SMILES string of the molecule is CCOC(=O)c1cc(=O)c2cc(F)c(N3CCCC3)cc2n1CC. The number of halogens is 1. The van der Waals surface area contributed by atoms with Gasteiger partial charge in [0.15, 0.2) is 5.43 Å². The van der Waals surface area contributed by atoms with E-state index in [1.165, 1.54) is 12.1 Å². The van der Waals surface area contributed by atoms with E-state index in [9.17, 15) is 14.0 Å². The molecule has 0 spiro atoms. The monoisotopic (exact) mass is 332 g/mol. The van der Waals surface area contributed by atoms with Crippen LogP contribution in [-0.2, 0) is 11.3 Å². The van der Waals surface area contributed by atoms with Gasteiger partial charge in [0, 0.05) is 31.1 Å². The molecule has 6 heteroatoms. The van der Waals surface area contributed by atoms with Crippen LogP contribution in [0.5, 0.6) is 0 Å². The molecule has 2 aromatic rings. The van der Waals surface area contributed by atoms with Gasteiger partial charge < -0.3 is 14.2 Å². The van der Waals surface area contributed by atoms with Gasteiger partial charge in [0.25, 0.3) is 0 Å². The van der Waals surface area contributed by atoms with Gasteiger partial charge in [-0.05, 0) is 38.8 Å². The summed E-state index contributed by atoms with van der Waals surface area (Å²) in [6, 6.07) is 4.20. The molecule has 1 saturated heterocycles. The highest BCUT2D eigenvalue weighted by Gasteiger charge is 2.21. The van der Waals surface area contributed by atoms with Crippen LogP contribution in [0, 0.1) is 5.82 Å². The van der Waals surface area contributed by atoms with E-state index >= 15 is 0 Å². The van der Waals surface area contributed by atoms with Crippen molar-refractivity contribution in [1.29, 1.82) is 0 Å². The molecule has 0 unspecified atom stereocenters. The third-order valence-electron chi connectivity index (χ3n) is 4.43. The van der Waals surface area contributed by atoms with Crippen molar-refractivity contribution < 1.29 is 13.9 Å². The van der Waals surface area contributed by atoms with Crippen LogP contribution in [0.3, 0.4) is 0 Å². The average Bonchev–Trinajstić information content (AvgIpc) is 3.09. The van der Waals surface area contributed by atoms with E-state index in [1.807, 2.05) is 11.8 Å². The van der Waals surface area contributed by atoms with Gasteiger partial charge in [-0.2, -0.15) is 0 Å². The number of hydrogen-bond donors (Lipinski definition) is 0. The molecule has 1 aromatic heterocycles. The fraction of sp³-hybridized carbons (Fsp3) is 0.444. The van der Waals surface area contributed by atoms with Gasteiger partial charge in [0.1, 0.15) is 11.5 Å². The van der Waals surface area contributed by atoms with Gasteiger partial charge in [-0.15, -0.1) is 0 Å². The third-order valence-corrected chi connectivity index (χ3v) is 4.43. The first-order chi connectivity index (χ1) is 11.6. The van der Waals surface area contributed by atoms with E-state index in [1.54, 1.807) is 17.6 Å². The summed E-state index contributed by atoms with van der Waals surface area (Å²) in [5, 5.41) is 0.283. The van der Waals surface area contributed by atoms with Crippen molar-refractivity contribution >= 4 is 22.6 Å². The van der Waals surface area contributed by atoms with Gasteiger partial charge >= 0.3 is 5.97 Å². The van der Waals surface area contributed by atoms with E-state index in [4.69, 9.17) is 4.74 Å². The van der Waals surface area contributed by atoms with Crippen LogP contribution in [0.15, 0.2) is 23.0 Å². The second-order valence-corrected chi connectivity index (χ2v) is 5.87. The standard InChI is InChI=1S/C18H21FN2O3/c1-3-21-14-10-15(20-7-5-6-8-20)13(19)9-12(14)17(22)11-16(21)18(23)24-4-2/h9-11H,3-8H2,1-2H3. The zero-order valence-corrected chi connectivity index (χ0v) is 14.0. The first-order valence-corrected chi connectivity index (χ1v) is 8.36. The molecule has 0 amide bonds. The predicted molar refractivity (Wildman–Crippen MR) is 91.2 cm³/mol. The zero-order valence-electron chi connectivity index (χ0n) is 14.0. The lowest BCUT2D eigenvalue weighted by atomic mass is 10.1. The second kappa shape index (κ2) is 6.63. The maximum atomic E-state index is 14.5. The van der Waals surface area contributed by atoms with E-state index < -0.39 is 11.8 Å².